The standard InChI is InChI=1S/C18H24N4O2/c1-5-6-10-22(3)18-19-13(2)11-16(21-18)17(23)20-14-8-7-9-15(12-14)24-4/h7-9,11-12H,5-6,10H2,1-4H3,(H,20,23). The minimum atomic E-state index is -0.265. The second kappa shape index (κ2) is 8.29. The summed E-state index contributed by atoms with van der Waals surface area (Å²) in [6.45, 7) is 4.86. The fraction of sp³-hybridized carbons (Fsp3) is 0.389. The molecule has 0 spiro atoms. The molecule has 0 fully saturated rings. The molecule has 1 N–H and O–H groups in total. The summed E-state index contributed by atoms with van der Waals surface area (Å²) < 4.78 is 5.17. The van der Waals surface area contributed by atoms with E-state index in [0.29, 0.717) is 23.1 Å². The van der Waals surface area contributed by atoms with Gasteiger partial charge in [-0.3, -0.25) is 4.79 Å². The number of hydrogen-bond donors (Lipinski definition) is 1. The maximum atomic E-state index is 12.5. The second-order valence-corrected chi connectivity index (χ2v) is 5.66. The average molecular weight is 328 g/mol. The molecule has 0 radical (unpaired) electrons. The zero-order chi connectivity index (χ0) is 17.5. The minimum Gasteiger partial charge on any atom is -0.497 e. The van der Waals surface area contributed by atoms with Crippen molar-refractivity contribution in [3.05, 3.63) is 41.7 Å². The average Bonchev–Trinajstić information content (AvgIpc) is 2.59. The number of rotatable bonds is 7. The molecule has 0 bridgehead atoms. The first-order valence-electron chi connectivity index (χ1n) is 8.05. The Labute approximate surface area is 142 Å². The molecule has 6 heteroatoms. The highest BCUT2D eigenvalue weighted by atomic mass is 16.5. The van der Waals surface area contributed by atoms with Gasteiger partial charge in [-0.1, -0.05) is 19.4 Å². The van der Waals surface area contributed by atoms with Gasteiger partial charge in [0, 0.05) is 31.0 Å². The summed E-state index contributed by atoms with van der Waals surface area (Å²) >= 11 is 0. The maximum absolute atomic E-state index is 12.5. The Bertz CT molecular complexity index is 703. The van der Waals surface area contributed by atoms with Gasteiger partial charge in [-0.25, -0.2) is 9.97 Å². The van der Waals surface area contributed by atoms with Gasteiger partial charge >= 0.3 is 0 Å². The van der Waals surface area contributed by atoms with Crippen LogP contribution < -0.4 is 15.0 Å². The number of benzene rings is 1. The Balaban J connectivity index is 2.17. The number of ether oxygens (including phenoxy) is 1. The SMILES string of the molecule is CCCCN(C)c1nc(C)cc(C(=O)Nc2cccc(OC)c2)n1. The van der Waals surface area contributed by atoms with Crippen LogP contribution in [0.3, 0.4) is 0 Å². The van der Waals surface area contributed by atoms with E-state index in [1.807, 2.05) is 37.1 Å². The highest BCUT2D eigenvalue weighted by Crippen LogP contribution is 2.18. The number of nitrogens with one attached hydrogen (secondary N) is 1. The molecule has 1 aromatic heterocycles. The van der Waals surface area contributed by atoms with Crippen LogP contribution in [-0.2, 0) is 0 Å². The van der Waals surface area contributed by atoms with Gasteiger partial charge in [-0.2, -0.15) is 0 Å². The topological polar surface area (TPSA) is 67.4 Å². The van der Waals surface area contributed by atoms with Crippen LogP contribution in [-0.4, -0.2) is 36.6 Å². The van der Waals surface area contributed by atoms with E-state index in [-0.39, 0.29) is 5.91 Å². The summed E-state index contributed by atoms with van der Waals surface area (Å²) in [5.74, 6) is 0.991. The van der Waals surface area contributed by atoms with Gasteiger partial charge in [0.15, 0.2) is 0 Å². The van der Waals surface area contributed by atoms with Crippen LogP contribution in [0.25, 0.3) is 0 Å². The highest BCUT2D eigenvalue weighted by Gasteiger charge is 2.13. The number of aromatic nitrogens is 2. The number of carbonyl (C=O) groups is 1. The molecule has 128 valence electrons. The fourth-order valence-corrected chi connectivity index (χ4v) is 2.23. The molecular formula is C18H24N4O2. The highest BCUT2D eigenvalue weighted by molar-refractivity contribution is 6.03. The summed E-state index contributed by atoms with van der Waals surface area (Å²) in [5, 5.41) is 2.84. The Kier molecular flexibility index (Phi) is 6.12. The summed E-state index contributed by atoms with van der Waals surface area (Å²) in [5.41, 5.74) is 1.78. The third-order valence-corrected chi connectivity index (χ3v) is 3.59. The lowest BCUT2D eigenvalue weighted by atomic mass is 10.2. The van der Waals surface area contributed by atoms with Crippen molar-refractivity contribution in [2.24, 2.45) is 0 Å². The van der Waals surface area contributed by atoms with Crippen LogP contribution in [0.5, 0.6) is 5.75 Å². The summed E-state index contributed by atoms with van der Waals surface area (Å²) in [4.78, 5) is 23.3. The van der Waals surface area contributed by atoms with Gasteiger partial charge in [0.05, 0.1) is 7.11 Å². The molecule has 24 heavy (non-hydrogen) atoms. The summed E-state index contributed by atoms with van der Waals surface area (Å²) in [6.07, 6.45) is 2.15. The fourth-order valence-electron chi connectivity index (χ4n) is 2.23. The molecule has 0 saturated carbocycles. The van der Waals surface area contributed by atoms with Gasteiger partial charge in [-0.15, -0.1) is 0 Å². The van der Waals surface area contributed by atoms with E-state index >= 15 is 0 Å². The van der Waals surface area contributed by atoms with Crippen LogP contribution in [0.1, 0.15) is 35.9 Å². The molecule has 0 atom stereocenters. The molecule has 2 rings (SSSR count). The normalized spacial score (nSPS) is 10.3. The largest absolute Gasteiger partial charge is 0.497 e. The lowest BCUT2D eigenvalue weighted by Crippen LogP contribution is -2.23. The lowest BCUT2D eigenvalue weighted by molar-refractivity contribution is 0.102. The van der Waals surface area contributed by atoms with Gasteiger partial charge in [-0.05, 0) is 31.5 Å². The Morgan fingerprint density at radius 1 is 1.29 bits per heavy atom. The molecule has 0 saturated heterocycles. The van der Waals surface area contributed by atoms with E-state index in [2.05, 4.69) is 22.2 Å². The Morgan fingerprint density at radius 3 is 2.79 bits per heavy atom. The Hall–Kier alpha value is -2.63. The van der Waals surface area contributed by atoms with Crippen molar-refractivity contribution in [1.82, 2.24) is 9.97 Å². The van der Waals surface area contributed by atoms with Crippen molar-refractivity contribution in [1.29, 1.82) is 0 Å². The third-order valence-electron chi connectivity index (χ3n) is 3.59. The number of anilines is 2. The summed E-state index contributed by atoms with van der Waals surface area (Å²) in [6, 6.07) is 8.91. The molecule has 6 nitrogen and oxygen atoms in total. The number of methoxy groups -OCH3 is 1. The minimum absolute atomic E-state index is 0.265. The molecule has 1 amide bonds. The zero-order valence-corrected chi connectivity index (χ0v) is 14.7. The zero-order valence-electron chi connectivity index (χ0n) is 14.7. The van der Waals surface area contributed by atoms with Gasteiger partial charge < -0.3 is 15.0 Å². The van der Waals surface area contributed by atoms with E-state index in [1.165, 1.54) is 0 Å². The molecule has 1 aromatic carbocycles. The second-order valence-electron chi connectivity index (χ2n) is 5.66. The predicted octanol–water partition coefficient (Wildman–Crippen LogP) is 3.28. The monoisotopic (exact) mass is 328 g/mol. The van der Waals surface area contributed by atoms with Crippen LogP contribution in [0.15, 0.2) is 30.3 Å². The van der Waals surface area contributed by atoms with Crippen molar-refractivity contribution >= 4 is 17.5 Å². The number of hydrogen-bond acceptors (Lipinski definition) is 5. The lowest BCUT2D eigenvalue weighted by Gasteiger charge is -2.17. The van der Waals surface area contributed by atoms with Gasteiger partial charge in [0.25, 0.3) is 5.91 Å². The van der Waals surface area contributed by atoms with Crippen molar-refractivity contribution in [3.8, 4) is 5.75 Å². The summed E-state index contributed by atoms with van der Waals surface area (Å²) in [7, 11) is 3.53. The molecular weight excluding hydrogens is 304 g/mol. The first kappa shape index (κ1) is 17.7. The molecule has 0 aliphatic heterocycles. The van der Waals surface area contributed by atoms with Crippen LogP contribution in [0.2, 0.25) is 0 Å². The number of carbonyl (C=O) groups excluding carboxylic acids is 1. The molecule has 0 aliphatic carbocycles. The molecule has 1 heterocycles. The van der Waals surface area contributed by atoms with E-state index in [1.54, 1.807) is 19.2 Å². The van der Waals surface area contributed by atoms with E-state index in [0.717, 1.165) is 25.1 Å². The molecule has 2 aromatic rings. The maximum Gasteiger partial charge on any atom is 0.274 e. The van der Waals surface area contributed by atoms with Crippen molar-refractivity contribution < 1.29 is 9.53 Å². The van der Waals surface area contributed by atoms with E-state index in [9.17, 15) is 4.79 Å². The molecule has 0 unspecified atom stereocenters. The predicted molar refractivity (Wildman–Crippen MR) is 95.9 cm³/mol. The quantitative estimate of drug-likeness (QED) is 0.845. The van der Waals surface area contributed by atoms with Crippen LogP contribution >= 0.6 is 0 Å². The smallest absolute Gasteiger partial charge is 0.274 e. The van der Waals surface area contributed by atoms with E-state index < -0.39 is 0 Å². The van der Waals surface area contributed by atoms with Crippen molar-refractivity contribution in [2.75, 3.05) is 30.9 Å². The van der Waals surface area contributed by atoms with E-state index in [4.69, 9.17) is 4.74 Å². The van der Waals surface area contributed by atoms with Crippen LogP contribution in [0.4, 0.5) is 11.6 Å². The Morgan fingerprint density at radius 2 is 2.08 bits per heavy atom. The van der Waals surface area contributed by atoms with Crippen molar-refractivity contribution in [2.45, 2.75) is 26.7 Å². The number of unbranched alkanes of at least 4 members (excludes halogenated alkanes) is 1. The van der Waals surface area contributed by atoms with Crippen LogP contribution in [0, 0.1) is 6.92 Å². The number of nitrogens with zero attached hydrogens (tertiary/aromatic N) is 3. The van der Waals surface area contributed by atoms with Gasteiger partial charge in [0.2, 0.25) is 5.95 Å². The first-order chi connectivity index (χ1) is 11.5. The number of aryl methyl sites for hydroxylation is 1. The molecule has 0 aliphatic rings. The third kappa shape index (κ3) is 4.68. The first-order valence-corrected chi connectivity index (χ1v) is 8.05. The number of amides is 1. The van der Waals surface area contributed by atoms with Crippen molar-refractivity contribution in [3.63, 3.8) is 0 Å². The van der Waals surface area contributed by atoms with Gasteiger partial charge in [0.1, 0.15) is 11.4 Å².